The highest BCUT2D eigenvalue weighted by atomic mass is 19.1. The number of para-hydroxylation sites is 1. The zero-order chi connectivity index (χ0) is 15.4. The zero-order valence-electron chi connectivity index (χ0n) is 11.1. The van der Waals surface area contributed by atoms with Crippen LogP contribution in [0.1, 0.15) is 20.7 Å². The van der Waals surface area contributed by atoms with Crippen LogP contribution in [0, 0.1) is 5.82 Å². The lowest BCUT2D eigenvalue weighted by Crippen LogP contribution is -2.13. The molecule has 108 valence electrons. The van der Waals surface area contributed by atoms with Gasteiger partial charge in [-0.3, -0.25) is 4.79 Å². The number of carbonyl (C=O) groups is 2. The minimum Gasteiger partial charge on any atom is -0.505 e. The summed E-state index contributed by atoms with van der Waals surface area (Å²) in [7, 11) is 1.19. The molecule has 0 aliphatic carbocycles. The Bertz CT molecular complexity index is 683. The quantitative estimate of drug-likeness (QED) is 0.672. The number of ether oxygens (including phenoxy) is 1. The monoisotopic (exact) mass is 289 g/mol. The van der Waals surface area contributed by atoms with E-state index in [0.717, 1.165) is 12.1 Å². The number of carbonyl (C=O) groups excluding carboxylic acids is 2. The largest absolute Gasteiger partial charge is 0.505 e. The van der Waals surface area contributed by atoms with Crippen molar-refractivity contribution in [1.82, 2.24) is 0 Å². The van der Waals surface area contributed by atoms with Crippen molar-refractivity contribution in [3.05, 3.63) is 59.4 Å². The predicted octanol–water partition coefficient (Wildman–Crippen LogP) is 2.57. The Morgan fingerprint density at radius 2 is 1.81 bits per heavy atom. The molecule has 0 atom stereocenters. The van der Waals surface area contributed by atoms with Crippen molar-refractivity contribution in [3.8, 4) is 5.75 Å². The third-order valence-corrected chi connectivity index (χ3v) is 2.80. The molecule has 0 radical (unpaired) electrons. The van der Waals surface area contributed by atoms with E-state index in [0.29, 0.717) is 0 Å². The minimum absolute atomic E-state index is 0.0607. The Hall–Kier alpha value is -2.89. The molecule has 21 heavy (non-hydrogen) atoms. The number of phenols is 1. The van der Waals surface area contributed by atoms with Crippen LogP contribution in [0.25, 0.3) is 0 Å². The molecule has 0 aromatic heterocycles. The summed E-state index contributed by atoms with van der Waals surface area (Å²) in [6, 6.07) is 9.22. The van der Waals surface area contributed by atoms with E-state index in [4.69, 9.17) is 0 Å². The summed E-state index contributed by atoms with van der Waals surface area (Å²) in [5, 5.41) is 12.4. The summed E-state index contributed by atoms with van der Waals surface area (Å²) in [5.41, 5.74) is 0.223. The Morgan fingerprint density at radius 3 is 2.43 bits per heavy atom. The zero-order valence-corrected chi connectivity index (χ0v) is 11.1. The highest BCUT2D eigenvalue weighted by molar-refractivity contribution is 6.06. The van der Waals surface area contributed by atoms with Crippen molar-refractivity contribution in [2.75, 3.05) is 12.4 Å². The van der Waals surface area contributed by atoms with Gasteiger partial charge in [-0.05, 0) is 36.4 Å². The van der Waals surface area contributed by atoms with Gasteiger partial charge in [0.05, 0.1) is 12.8 Å². The second kappa shape index (κ2) is 6.04. The Kier molecular flexibility index (Phi) is 4.18. The number of aromatic hydroxyl groups is 1. The molecule has 6 heteroatoms. The molecule has 0 aliphatic rings. The number of benzene rings is 2. The summed E-state index contributed by atoms with van der Waals surface area (Å²) in [6.45, 7) is 0. The summed E-state index contributed by atoms with van der Waals surface area (Å²) in [4.78, 5) is 23.4. The van der Waals surface area contributed by atoms with Crippen molar-refractivity contribution in [2.24, 2.45) is 0 Å². The minimum atomic E-state index is -0.717. The van der Waals surface area contributed by atoms with Gasteiger partial charge in [0.2, 0.25) is 0 Å². The molecule has 2 N–H and O–H groups in total. The third-order valence-electron chi connectivity index (χ3n) is 2.80. The lowest BCUT2D eigenvalue weighted by molar-refractivity contribution is 0.0597. The smallest absolute Gasteiger partial charge is 0.341 e. The normalized spacial score (nSPS) is 10.0. The van der Waals surface area contributed by atoms with E-state index in [1.165, 1.54) is 37.4 Å². The van der Waals surface area contributed by atoms with E-state index in [-0.39, 0.29) is 22.6 Å². The summed E-state index contributed by atoms with van der Waals surface area (Å²) in [5.74, 6) is -2.10. The molecule has 1 amide bonds. The van der Waals surface area contributed by atoms with Gasteiger partial charge < -0.3 is 15.2 Å². The lowest BCUT2D eigenvalue weighted by atomic mass is 10.1. The Labute approximate surface area is 120 Å². The van der Waals surface area contributed by atoms with E-state index >= 15 is 0 Å². The van der Waals surface area contributed by atoms with Gasteiger partial charge in [-0.1, -0.05) is 6.07 Å². The van der Waals surface area contributed by atoms with Gasteiger partial charge in [-0.25, -0.2) is 9.18 Å². The number of halogens is 1. The molecule has 0 unspecified atom stereocenters. The van der Waals surface area contributed by atoms with Gasteiger partial charge in [0.25, 0.3) is 5.91 Å². The Balaban J connectivity index is 2.25. The van der Waals surface area contributed by atoms with Gasteiger partial charge in [-0.15, -0.1) is 0 Å². The maximum absolute atomic E-state index is 12.8. The molecule has 5 nitrogen and oxygen atoms in total. The summed E-state index contributed by atoms with van der Waals surface area (Å²) in [6.07, 6.45) is 0. The van der Waals surface area contributed by atoms with Crippen LogP contribution in [0.5, 0.6) is 5.75 Å². The topological polar surface area (TPSA) is 75.6 Å². The average molecular weight is 289 g/mol. The van der Waals surface area contributed by atoms with Gasteiger partial charge >= 0.3 is 5.97 Å². The number of amides is 1. The molecule has 0 saturated heterocycles. The highest BCUT2D eigenvalue weighted by Crippen LogP contribution is 2.28. The van der Waals surface area contributed by atoms with Crippen molar-refractivity contribution < 1.29 is 23.8 Å². The number of phenolic OH excluding ortho intramolecular Hbond substituents is 1. The fourth-order valence-electron chi connectivity index (χ4n) is 1.71. The molecule has 2 aromatic carbocycles. The standard InChI is InChI=1S/C15H12FNO4/c1-21-15(20)11-3-2-4-12(13(11)18)17-14(19)9-5-7-10(16)8-6-9/h2-8,18H,1H3,(H,17,19). The number of methoxy groups -OCH3 is 1. The van der Waals surface area contributed by atoms with E-state index in [1.54, 1.807) is 0 Å². The fourth-order valence-corrected chi connectivity index (χ4v) is 1.71. The van der Waals surface area contributed by atoms with Crippen LogP contribution >= 0.6 is 0 Å². The lowest BCUT2D eigenvalue weighted by Gasteiger charge is -2.10. The second-order valence-corrected chi connectivity index (χ2v) is 4.15. The highest BCUT2D eigenvalue weighted by Gasteiger charge is 2.16. The molecular formula is C15H12FNO4. The van der Waals surface area contributed by atoms with E-state index in [2.05, 4.69) is 10.1 Å². The van der Waals surface area contributed by atoms with Crippen LogP contribution in [0.4, 0.5) is 10.1 Å². The molecule has 0 spiro atoms. The Morgan fingerprint density at radius 1 is 1.14 bits per heavy atom. The molecular weight excluding hydrogens is 277 g/mol. The number of hydrogen-bond acceptors (Lipinski definition) is 4. The molecule has 0 saturated carbocycles. The number of hydrogen-bond donors (Lipinski definition) is 2. The predicted molar refractivity (Wildman–Crippen MR) is 73.8 cm³/mol. The van der Waals surface area contributed by atoms with Crippen LogP contribution in [-0.4, -0.2) is 24.1 Å². The van der Waals surface area contributed by atoms with Crippen molar-refractivity contribution >= 4 is 17.6 Å². The third kappa shape index (κ3) is 3.17. The maximum atomic E-state index is 12.8. The van der Waals surface area contributed by atoms with E-state index in [9.17, 15) is 19.1 Å². The van der Waals surface area contributed by atoms with Gasteiger partial charge in [-0.2, -0.15) is 0 Å². The van der Waals surface area contributed by atoms with Gasteiger partial charge in [0.15, 0.2) is 5.75 Å². The fraction of sp³-hybridized carbons (Fsp3) is 0.0667. The van der Waals surface area contributed by atoms with Crippen LogP contribution in [0.15, 0.2) is 42.5 Å². The van der Waals surface area contributed by atoms with Crippen molar-refractivity contribution in [3.63, 3.8) is 0 Å². The molecule has 0 bridgehead atoms. The maximum Gasteiger partial charge on any atom is 0.341 e. The van der Waals surface area contributed by atoms with Crippen molar-refractivity contribution in [2.45, 2.75) is 0 Å². The van der Waals surface area contributed by atoms with Crippen LogP contribution < -0.4 is 5.32 Å². The molecule has 2 rings (SSSR count). The first-order valence-electron chi connectivity index (χ1n) is 6.00. The van der Waals surface area contributed by atoms with Gasteiger partial charge in [0, 0.05) is 5.56 Å². The molecule has 0 heterocycles. The van der Waals surface area contributed by atoms with Gasteiger partial charge in [0.1, 0.15) is 11.4 Å². The number of nitrogens with one attached hydrogen (secondary N) is 1. The summed E-state index contributed by atoms with van der Waals surface area (Å²) < 4.78 is 17.3. The first-order valence-corrected chi connectivity index (χ1v) is 6.00. The van der Waals surface area contributed by atoms with Crippen molar-refractivity contribution in [1.29, 1.82) is 0 Å². The second-order valence-electron chi connectivity index (χ2n) is 4.15. The summed E-state index contributed by atoms with van der Waals surface area (Å²) >= 11 is 0. The average Bonchev–Trinajstić information content (AvgIpc) is 2.49. The first-order chi connectivity index (χ1) is 10.0. The van der Waals surface area contributed by atoms with E-state index < -0.39 is 17.7 Å². The molecule has 2 aromatic rings. The van der Waals surface area contributed by atoms with Crippen LogP contribution in [0.3, 0.4) is 0 Å². The first kappa shape index (κ1) is 14.5. The number of rotatable bonds is 3. The molecule has 0 fully saturated rings. The number of anilines is 1. The van der Waals surface area contributed by atoms with Crippen LogP contribution in [0.2, 0.25) is 0 Å². The SMILES string of the molecule is COC(=O)c1cccc(NC(=O)c2ccc(F)cc2)c1O. The van der Waals surface area contributed by atoms with E-state index in [1.807, 2.05) is 0 Å². The molecule has 0 aliphatic heterocycles. The van der Waals surface area contributed by atoms with Crippen LogP contribution in [-0.2, 0) is 4.74 Å². The number of esters is 1.